The van der Waals surface area contributed by atoms with E-state index in [1.54, 1.807) is 0 Å². The summed E-state index contributed by atoms with van der Waals surface area (Å²) in [6.07, 6.45) is 0. The SMILES string of the molecule is Cc1noc2nc(C(C)C)cc(C(=O)Nc3ccccc3C(C)C)c12. The number of rotatable bonds is 4. The number of pyridine rings is 1. The Balaban J connectivity index is 2.07. The van der Waals surface area contributed by atoms with Crippen molar-refractivity contribution >= 4 is 22.7 Å². The molecule has 0 fully saturated rings. The Bertz CT molecular complexity index is 926. The number of fused-ring (bicyclic) bond motifs is 1. The highest BCUT2D eigenvalue weighted by molar-refractivity contribution is 6.12. The lowest BCUT2D eigenvalue weighted by molar-refractivity contribution is 0.102. The minimum atomic E-state index is -0.172. The van der Waals surface area contributed by atoms with Gasteiger partial charge < -0.3 is 9.84 Å². The smallest absolute Gasteiger partial charge is 0.259 e. The lowest BCUT2D eigenvalue weighted by Crippen LogP contribution is -2.15. The zero-order chi connectivity index (χ0) is 18.1. The number of anilines is 1. The maximum Gasteiger partial charge on any atom is 0.259 e. The highest BCUT2D eigenvalue weighted by Gasteiger charge is 2.20. The molecule has 25 heavy (non-hydrogen) atoms. The summed E-state index contributed by atoms with van der Waals surface area (Å²) < 4.78 is 5.30. The van der Waals surface area contributed by atoms with Crippen molar-refractivity contribution in [3.8, 4) is 0 Å². The standard InChI is InChI=1S/C20H23N3O2/c1-11(2)14-8-6-7-9-16(14)21-19(24)15-10-17(12(3)4)22-20-18(15)13(5)23-25-20/h6-12H,1-5H3,(H,21,24). The zero-order valence-electron chi connectivity index (χ0n) is 15.3. The first-order valence-electron chi connectivity index (χ1n) is 8.55. The lowest BCUT2D eigenvalue weighted by atomic mass is 10.0. The molecule has 2 heterocycles. The van der Waals surface area contributed by atoms with Gasteiger partial charge in [-0.1, -0.05) is 51.1 Å². The number of nitrogens with one attached hydrogen (secondary N) is 1. The second-order valence-corrected chi connectivity index (χ2v) is 6.89. The fourth-order valence-corrected chi connectivity index (χ4v) is 2.89. The van der Waals surface area contributed by atoms with Crippen LogP contribution in [-0.2, 0) is 0 Å². The fraction of sp³-hybridized carbons (Fsp3) is 0.350. The molecule has 0 atom stereocenters. The van der Waals surface area contributed by atoms with Crippen molar-refractivity contribution < 1.29 is 9.32 Å². The largest absolute Gasteiger partial charge is 0.336 e. The molecule has 0 aliphatic heterocycles. The van der Waals surface area contributed by atoms with Crippen LogP contribution in [0.5, 0.6) is 0 Å². The number of aryl methyl sites for hydroxylation is 1. The van der Waals surface area contributed by atoms with E-state index in [-0.39, 0.29) is 11.8 Å². The Morgan fingerprint density at radius 3 is 2.52 bits per heavy atom. The Labute approximate surface area is 147 Å². The van der Waals surface area contributed by atoms with Crippen LogP contribution >= 0.6 is 0 Å². The third-order valence-corrected chi connectivity index (χ3v) is 4.30. The summed E-state index contributed by atoms with van der Waals surface area (Å²) in [7, 11) is 0. The van der Waals surface area contributed by atoms with E-state index in [9.17, 15) is 4.79 Å². The molecule has 130 valence electrons. The number of carbonyl (C=O) groups excluding carboxylic acids is 1. The Hall–Kier alpha value is -2.69. The van der Waals surface area contributed by atoms with Crippen molar-refractivity contribution in [1.29, 1.82) is 0 Å². The molecule has 0 spiro atoms. The van der Waals surface area contributed by atoms with E-state index >= 15 is 0 Å². The zero-order valence-corrected chi connectivity index (χ0v) is 15.3. The maximum atomic E-state index is 13.0. The third-order valence-electron chi connectivity index (χ3n) is 4.30. The Morgan fingerprint density at radius 1 is 1.12 bits per heavy atom. The molecule has 0 unspecified atom stereocenters. The van der Waals surface area contributed by atoms with Crippen LogP contribution in [0.4, 0.5) is 5.69 Å². The van der Waals surface area contributed by atoms with Gasteiger partial charge in [0.1, 0.15) is 0 Å². The minimum Gasteiger partial charge on any atom is -0.336 e. The van der Waals surface area contributed by atoms with Gasteiger partial charge in [-0.2, -0.15) is 0 Å². The van der Waals surface area contributed by atoms with E-state index in [1.165, 1.54) is 0 Å². The molecular weight excluding hydrogens is 314 g/mol. The molecule has 1 N–H and O–H groups in total. The minimum absolute atomic E-state index is 0.172. The quantitative estimate of drug-likeness (QED) is 0.725. The molecule has 0 bridgehead atoms. The summed E-state index contributed by atoms with van der Waals surface area (Å²) >= 11 is 0. The summed E-state index contributed by atoms with van der Waals surface area (Å²) in [4.78, 5) is 17.5. The molecule has 1 amide bonds. The Kier molecular flexibility index (Phi) is 4.57. The Morgan fingerprint density at radius 2 is 1.84 bits per heavy atom. The molecule has 5 nitrogen and oxygen atoms in total. The second kappa shape index (κ2) is 6.67. The van der Waals surface area contributed by atoms with E-state index in [1.807, 2.05) is 51.1 Å². The van der Waals surface area contributed by atoms with Crippen molar-refractivity contribution in [3.05, 3.63) is 52.8 Å². The molecule has 3 rings (SSSR count). The maximum absolute atomic E-state index is 13.0. The van der Waals surface area contributed by atoms with Crippen LogP contribution in [0.2, 0.25) is 0 Å². The van der Waals surface area contributed by atoms with Gasteiger partial charge in [-0.25, -0.2) is 4.98 Å². The molecule has 3 aromatic rings. The fourth-order valence-electron chi connectivity index (χ4n) is 2.89. The number of benzene rings is 1. The molecule has 0 radical (unpaired) electrons. The van der Waals surface area contributed by atoms with Crippen molar-refractivity contribution in [2.24, 2.45) is 0 Å². The average Bonchev–Trinajstić information content (AvgIpc) is 2.95. The van der Waals surface area contributed by atoms with Crippen LogP contribution in [0, 0.1) is 6.92 Å². The van der Waals surface area contributed by atoms with Crippen LogP contribution in [0.25, 0.3) is 11.1 Å². The van der Waals surface area contributed by atoms with Crippen LogP contribution in [0.15, 0.2) is 34.9 Å². The highest BCUT2D eigenvalue weighted by Crippen LogP contribution is 2.28. The average molecular weight is 337 g/mol. The summed E-state index contributed by atoms with van der Waals surface area (Å²) in [6, 6.07) is 9.71. The molecular formula is C20H23N3O2. The second-order valence-electron chi connectivity index (χ2n) is 6.89. The third kappa shape index (κ3) is 3.27. The van der Waals surface area contributed by atoms with Gasteiger partial charge in [0.15, 0.2) is 0 Å². The summed E-state index contributed by atoms with van der Waals surface area (Å²) in [5.74, 6) is 0.329. The molecule has 2 aromatic heterocycles. The van der Waals surface area contributed by atoms with Gasteiger partial charge in [-0.15, -0.1) is 0 Å². The van der Waals surface area contributed by atoms with Crippen LogP contribution in [0.1, 0.15) is 66.8 Å². The number of amides is 1. The lowest BCUT2D eigenvalue weighted by Gasteiger charge is -2.14. The molecule has 1 aromatic carbocycles. The first-order chi connectivity index (χ1) is 11.9. The number of hydrogen-bond donors (Lipinski definition) is 1. The molecule has 0 aliphatic carbocycles. The predicted molar refractivity (Wildman–Crippen MR) is 99.1 cm³/mol. The van der Waals surface area contributed by atoms with Crippen LogP contribution in [0.3, 0.4) is 0 Å². The molecule has 0 saturated carbocycles. The number of para-hydroxylation sites is 1. The number of nitrogens with zero attached hydrogens (tertiary/aromatic N) is 2. The normalized spacial score (nSPS) is 11.5. The first kappa shape index (κ1) is 17.1. The van der Waals surface area contributed by atoms with Gasteiger partial charge in [0.2, 0.25) is 0 Å². The highest BCUT2D eigenvalue weighted by atomic mass is 16.5. The summed E-state index contributed by atoms with van der Waals surface area (Å²) in [5, 5.41) is 7.69. The predicted octanol–water partition coefficient (Wildman–Crippen LogP) is 5.03. The van der Waals surface area contributed by atoms with Gasteiger partial charge >= 0.3 is 0 Å². The molecule has 0 aliphatic rings. The van der Waals surface area contributed by atoms with E-state index in [4.69, 9.17) is 4.52 Å². The van der Waals surface area contributed by atoms with Crippen LogP contribution in [-0.4, -0.2) is 16.0 Å². The summed E-state index contributed by atoms with van der Waals surface area (Å²) in [5.41, 5.74) is 4.36. The van der Waals surface area contributed by atoms with Gasteiger partial charge in [-0.05, 0) is 36.5 Å². The van der Waals surface area contributed by atoms with Crippen LogP contribution < -0.4 is 5.32 Å². The molecule has 5 heteroatoms. The van der Waals surface area contributed by atoms with E-state index < -0.39 is 0 Å². The van der Waals surface area contributed by atoms with Crippen molar-refractivity contribution in [2.75, 3.05) is 5.32 Å². The number of aromatic nitrogens is 2. The topological polar surface area (TPSA) is 68.0 Å². The molecule has 0 saturated heterocycles. The number of carbonyl (C=O) groups is 1. The van der Waals surface area contributed by atoms with Gasteiger partial charge in [-0.3, -0.25) is 4.79 Å². The number of hydrogen-bond acceptors (Lipinski definition) is 4. The first-order valence-corrected chi connectivity index (χ1v) is 8.55. The summed E-state index contributed by atoms with van der Waals surface area (Å²) in [6.45, 7) is 10.1. The monoisotopic (exact) mass is 337 g/mol. The van der Waals surface area contributed by atoms with E-state index in [2.05, 4.69) is 29.3 Å². The van der Waals surface area contributed by atoms with Gasteiger partial charge in [0, 0.05) is 11.4 Å². The van der Waals surface area contributed by atoms with Crippen molar-refractivity contribution in [3.63, 3.8) is 0 Å². The van der Waals surface area contributed by atoms with Gasteiger partial charge in [0.05, 0.1) is 16.6 Å². The van der Waals surface area contributed by atoms with E-state index in [0.717, 1.165) is 16.9 Å². The van der Waals surface area contributed by atoms with E-state index in [0.29, 0.717) is 28.3 Å². The van der Waals surface area contributed by atoms with Crippen molar-refractivity contribution in [1.82, 2.24) is 10.1 Å². The van der Waals surface area contributed by atoms with Gasteiger partial charge in [0.25, 0.3) is 11.6 Å². The van der Waals surface area contributed by atoms with Crippen molar-refractivity contribution in [2.45, 2.75) is 46.5 Å².